The molecule has 0 aliphatic heterocycles. The number of carbonyl (C=O) groups is 1. The standard InChI is InChI=1S/C13H16N4O2/c1-4-14-13(18)9-8-15-11(10-6-5-7-19-10)16-12(9)17(2)3/h5-8H,4H2,1-3H3,(H,14,18). The van der Waals surface area contributed by atoms with Crippen LogP contribution in [0.25, 0.3) is 11.6 Å². The summed E-state index contributed by atoms with van der Waals surface area (Å²) in [6.07, 6.45) is 3.08. The van der Waals surface area contributed by atoms with Crippen LogP contribution in [0.5, 0.6) is 0 Å². The Balaban J connectivity index is 2.44. The van der Waals surface area contributed by atoms with E-state index in [1.807, 2.05) is 21.0 Å². The number of aromatic nitrogens is 2. The molecule has 2 aromatic rings. The second-order valence-electron chi connectivity index (χ2n) is 4.16. The SMILES string of the molecule is CCNC(=O)c1cnc(-c2ccco2)nc1N(C)C. The van der Waals surface area contributed by atoms with Gasteiger partial charge in [0.2, 0.25) is 0 Å². The molecule has 0 fully saturated rings. The van der Waals surface area contributed by atoms with E-state index in [1.54, 1.807) is 23.3 Å². The molecule has 0 aliphatic carbocycles. The Kier molecular flexibility index (Phi) is 3.79. The fourth-order valence-electron chi connectivity index (χ4n) is 1.65. The number of nitrogens with zero attached hydrogens (tertiary/aromatic N) is 3. The van der Waals surface area contributed by atoms with Crippen molar-refractivity contribution in [3.63, 3.8) is 0 Å². The molecule has 19 heavy (non-hydrogen) atoms. The van der Waals surface area contributed by atoms with E-state index in [-0.39, 0.29) is 5.91 Å². The van der Waals surface area contributed by atoms with E-state index < -0.39 is 0 Å². The number of hydrogen-bond acceptors (Lipinski definition) is 5. The zero-order valence-corrected chi connectivity index (χ0v) is 11.2. The van der Waals surface area contributed by atoms with E-state index in [4.69, 9.17) is 4.42 Å². The van der Waals surface area contributed by atoms with Gasteiger partial charge in [-0.3, -0.25) is 4.79 Å². The lowest BCUT2D eigenvalue weighted by atomic mass is 10.2. The third-order valence-electron chi connectivity index (χ3n) is 2.52. The molecule has 0 saturated carbocycles. The molecule has 0 spiro atoms. The summed E-state index contributed by atoms with van der Waals surface area (Å²) in [5, 5.41) is 2.74. The molecule has 2 rings (SSSR count). The van der Waals surface area contributed by atoms with Gasteiger partial charge in [0.15, 0.2) is 11.6 Å². The lowest BCUT2D eigenvalue weighted by Crippen LogP contribution is -2.26. The van der Waals surface area contributed by atoms with Crippen LogP contribution in [0.2, 0.25) is 0 Å². The van der Waals surface area contributed by atoms with E-state index in [0.29, 0.717) is 29.5 Å². The first-order valence-corrected chi connectivity index (χ1v) is 6.00. The summed E-state index contributed by atoms with van der Waals surface area (Å²) in [6.45, 7) is 2.43. The molecule has 0 bridgehead atoms. The monoisotopic (exact) mass is 260 g/mol. The average molecular weight is 260 g/mol. The van der Waals surface area contributed by atoms with Crippen molar-refractivity contribution in [3.05, 3.63) is 30.2 Å². The summed E-state index contributed by atoms with van der Waals surface area (Å²) >= 11 is 0. The highest BCUT2D eigenvalue weighted by atomic mass is 16.3. The Morgan fingerprint density at radius 1 is 1.47 bits per heavy atom. The van der Waals surface area contributed by atoms with Crippen LogP contribution in [0.3, 0.4) is 0 Å². The minimum Gasteiger partial charge on any atom is -0.461 e. The van der Waals surface area contributed by atoms with Crippen molar-refractivity contribution >= 4 is 11.7 Å². The lowest BCUT2D eigenvalue weighted by Gasteiger charge is -2.15. The van der Waals surface area contributed by atoms with Crippen LogP contribution in [-0.4, -0.2) is 36.5 Å². The third kappa shape index (κ3) is 2.73. The highest BCUT2D eigenvalue weighted by Crippen LogP contribution is 2.21. The van der Waals surface area contributed by atoms with Gasteiger partial charge in [0, 0.05) is 26.8 Å². The van der Waals surface area contributed by atoms with Crippen LogP contribution in [0, 0.1) is 0 Å². The van der Waals surface area contributed by atoms with Crippen LogP contribution in [0.4, 0.5) is 5.82 Å². The second kappa shape index (κ2) is 5.51. The number of nitrogens with one attached hydrogen (secondary N) is 1. The van der Waals surface area contributed by atoms with Crippen LogP contribution in [-0.2, 0) is 0 Å². The molecular weight excluding hydrogens is 244 g/mol. The van der Waals surface area contributed by atoms with Crippen LogP contribution >= 0.6 is 0 Å². The summed E-state index contributed by atoms with van der Waals surface area (Å²) in [6, 6.07) is 3.55. The van der Waals surface area contributed by atoms with Gasteiger partial charge in [-0.15, -0.1) is 0 Å². The van der Waals surface area contributed by atoms with Crippen molar-refractivity contribution in [1.29, 1.82) is 0 Å². The van der Waals surface area contributed by atoms with Gasteiger partial charge < -0.3 is 14.6 Å². The predicted molar refractivity (Wildman–Crippen MR) is 72.1 cm³/mol. The van der Waals surface area contributed by atoms with Crippen LogP contribution in [0.15, 0.2) is 29.0 Å². The molecule has 100 valence electrons. The second-order valence-corrected chi connectivity index (χ2v) is 4.16. The van der Waals surface area contributed by atoms with Gasteiger partial charge >= 0.3 is 0 Å². The predicted octanol–water partition coefficient (Wildman–Crippen LogP) is 1.55. The summed E-state index contributed by atoms with van der Waals surface area (Å²) in [7, 11) is 3.66. The number of rotatable bonds is 4. The van der Waals surface area contributed by atoms with Gasteiger partial charge in [0.25, 0.3) is 5.91 Å². The maximum atomic E-state index is 11.9. The van der Waals surface area contributed by atoms with Crippen molar-refractivity contribution in [2.24, 2.45) is 0 Å². The molecule has 6 nitrogen and oxygen atoms in total. The molecule has 1 amide bonds. The van der Waals surface area contributed by atoms with E-state index in [9.17, 15) is 4.79 Å². The summed E-state index contributed by atoms with van der Waals surface area (Å²) in [5.74, 6) is 1.41. The maximum absolute atomic E-state index is 11.9. The fraction of sp³-hybridized carbons (Fsp3) is 0.308. The number of carbonyl (C=O) groups excluding carboxylic acids is 1. The molecule has 6 heteroatoms. The molecule has 2 heterocycles. The minimum absolute atomic E-state index is 0.183. The molecule has 0 aromatic carbocycles. The smallest absolute Gasteiger partial charge is 0.256 e. The largest absolute Gasteiger partial charge is 0.461 e. The average Bonchev–Trinajstić information content (AvgIpc) is 2.92. The summed E-state index contributed by atoms with van der Waals surface area (Å²) < 4.78 is 5.26. The van der Waals surface area contributed by atoms with Gasteiger partial charge in [-0.05, 0) is 19.1 Å². The number of anilines is 1. The summed E-state index contributed by atoms with van der Waals surface area (Å²) in [5.41, 5.74) is 0.446. The van der Waals surface area contributed by atoms with Crippen LogP contribution < -0.4 is 10.2 Å². The zero-order chi connectivity index (χ0) is 13.8. The Hall–Kier alpha value is -2.37. The Bertz CT molecular complexity index is 564. The normalized spacial score (nSPS) is 10.3. The van der Waals surface area contributed by atoms with Gasteiger partial charge in [0.05, 0.1) is 6.26 Å². The Labute approximate surface area is 111 Å². The first-order chi connectivity index (χ1) is 9.13. The number of hydrogen-bond donors (Lipinski definition) is 1. The maximum Gasteiger partial charge on any atom is 0.256 e. The van der Waals surface area contributed by atoms with Crippen molar-refractivity contribution in [1.82, 2.24) is 15.3 Å². The Morgan fingerprint density at radius 3 is 2.84 bits per heavy atom. The van der Waals surface area contributed by atoms with Gasteiger partial charge in [-0.25, -0.2) is 9.97 Å². The van der Waals surface area contributed by atoms with E-state index >= 15 is 0 Å². The molecule has 0 radical (unpaired) electrons. The molecule has 0 aliphatic rings. The molecule has 0 saturated heterocycles. The van der Waals surface area contributed by atoms with Crippen molar-refractivity contribution in [2.45, 2.75) is 6.92 Å². The molecule has 0 unspecified atom stereocenters. The lowest BCUT2D eigenvalue weighted by molar-refractivity contribution is 0.0955. The topological polar surface area (TPSA) is 71.3 Å². The van der Waals surface area contributed by atoms with Crippen molar-refractivity contribution < 1.29 is 9.21 Å². The molecular formula is C13H16N4O2. The van der Waals surface area contributed by atoms with Crippen LogP contribution in [0.1, 0.15) is 17.3 Å². The molecule has 2 aromatic heterocycles. The highest BCUT2D eigenvalue weighted by molar-refractivity contribution is 5.98. The zero-order valence-electron chi connectivity index (χ0n) is 11.2. The molecule has 0 atom stereocenters. The van der Waals surface area contributed by atoms with E-state index in [1.165, 1.54) is 6.20 Å². The first kappa shape index (κ1) is 13.1. The first-order valence-electron chi connectivity index (χ1n) is 6.00. The van der Waals surface area contributed by atoms with E-state index in [0.717, 1.165) is 0 Å². The highest BCUT2D eigenvalue weighted by Gasteiger charge is 2.17. The van der Waals surface area contributed by atoms with Crippen molar-refractivity contribution in [2.75, 3.05) is 25.5 Å². The minimum atomic E-state index is -0.183. The number of amides is 1. The summed E-state index contributed by atoms with van der Waals surface area (Å²) in [4.78, 5) is 22.3. The van der Waals surface area contributed by atoms with Gasteiger partial charge in [-0.2, -0.15) is 0 Å². The number of furan rings is 1. The van der Waals surface area contributed by atoms with E-state index in [2.05, 4.69) is 15.3 Å². The fourth-order valence-corrected chi connectivity index (χ4v) is 1.65. The van der Waals surface area contributed by atoms with Gasteiger partial charge in [0.1, 0.15) is 11.4 Å². The van der Waals surface area contributed by atoms with Gasteiger partial charge in [-0.1, -0.05) is 0 Å². The van der Waals surface area contributed by atoms with Crippen molar-refractivity contribution in [3.8, 4) is 11.6 Å². The quantitative estimate of drug-likeness (QED) is 0.903. The Morgan fingerprint density at radius 2 is 2.26 bits per heavy atom. The molecule has 1 N–H and O–H groups in total. The third-order valence-corrected chi connectivity index (χ3v) is 2.52.